The van der Waals surface area contributed by atoms with Crippen molar-refractivity contribution in [3.63, 3.8) is 0 Å². The minimum absolute atomic E-state index is 0. The average molecular weight is 328 g/mol. The maximum Gasteiger partial charge on any atom is 0.233 e. The van der Waals surface area contributed by atoms with E-state index in [2.05, 4.69) is 15.6 Å². The van der Waals surface area contributed by atoms with Gasteiger partial charge in [-0.3, -0.25) is 4.79 Å². The van der Waals surface area contributed by atoms with Gasteiger partial charge in [0.2, 0.25) is 5.91 Å². The quantitative estimate of drug-likeness (QED) is 0.718. The van der Waals surface area contributed by atoms with Crippen molar-refractivity contribution >= 4 is 29.4 Å². The van der Waals surface area contributed by atoms with Gasteiger partial charge >= 0.3 is 0 Å². The summed E-state index contributed by atoms with van der Waals surface area (Å²) in [6.45, 7) is 4.05. The van der Waals surface area contributed by atoms with Gasteiger partial charge in [0.25, 0.3) is 0 Å². The maximum atomic E-state index is 11.6. The van der Waals surface area contributed by atoms with Crippen LogP contribution in [0.1, 0.15) is 11.5 Å². The van der Waals surface area contributed by atoms with Crippen LogP contribution in [0.15, 0.2) is 22.6 Å². The topological polar surface area (TPSA) is 76.4 Å². The molecule has 0 saturated heterocycles. The minimum Gasteiger partial charge on any atom is -0.441 e. The van der Waals surface area contributed by atoms with Crippen molar-refractivity contribution in [3.05, 3.63) is 29.7 Å². The fourth-order valence-electron chi connectivity index (χ4n) is 1.99. The number of oxazole rings is 1. The molecule has 0 fully saturated rings. The standard InChI is InChI=1S/C15H21N3O3.ClH/c1-11-4-3-5-12-15(11)18-14(21-12)6-7-17-13(19)10-16-8-9-20-2;/h3-5,16H,6-10H2,1-2H3,(H,17,19);1H. The zero-order valence-corrected chi connectivity index (χ0v) is 13.7. The summed E-state index contributed by atoms with van der Waals surface area (Å²) in [4.78, 5) is 16.0. The number of carbonyl (C=O) groups excluding carboxylic acids is 1. The lowest BCUT2D eigenvalue weighted by atomic mass is 10.2. The zero-order valence-electron chi connectivity index (χ0n) is 12.8. The third kappa shape index (κ3) is 5.29. The lowest BCUT2D eigenvalue weighted by Crippen LogP contribution is -2.36. The number of halogens is 1. The molecule has 0 radical (unpaired) electrons. The molecule has 0 spiro atoms. The van der Waals surface area contributed by atoms with Crippen molar-refractivity contribution in [1.82, 2.24) is 15.6 Å². The van der Waals surface area contributed by atoms with Gasteiger partial charge in [0, 0.05) is 26.6 Å². The van der Waals surface area contributed by atoms with Gasteiger partial charge in [-0.1, -0.05) is 12.1 Å². The van der Waals surface area contributed by atoms with Crippen LogP contribution in [0, 0.1) is 6.92 Å². The summed E-state index contributed by atoms with van der Waals surface area (Å²) < 4.78 is 10.5. The van der Waals surface area contributed by atoms with Crippen molar-refractivity contribution in [2.45, 2.75) is 13.3 Å². The SMILES string of the molecule is COCCNCC(=O)NCCc1nc2c(C)cccc2o1.Cl. The predicted molar refractivity (Wildman–Crippen MR) is 87.5 cm³/mol. The molecule has 2 aromatic rings. The third-order valence-corrected chi connectivity index (χ3v) is 3.09. The molecule has 1 amide bonds. The highest BCUT2D eigenvalue weighted by Gasteiger charge is 2.08. The van der Waals surface area contributed by atoms with E-state index in [1.54, 1.807) is 7.11 Å². The average Bonchev–Trinajstić information content (AvgIpc) is 2.88. The van der Waals surface area contributed by atoms with Gasteiger partial charge < -0.3 is 19.8 Å². The van der Waals surface area contributed by atoms with Gasteiger partial charge in [0.15, 0.2) is 11.5 Å². The third-order valence-electron chi connectivity index (χ3n) is 3.09. The largest absolute Gasteiger partial charge is 0.441 e. The first kappa shape index (κ1) is 18.4. The highest BCUT2D eigenvalue weighted by molar-refractivity contribution is 5.85. The number of methoxy groups -OCH3 is 1. The van der Waals surface area contributed by atoms with E-state index in [1.165, 1.54) is 0 Å². The lowest BCUT2D eigenvalue weighted by Gasteiger charge is -2.05. The van der Waals surface area contributed by atoms with Gasteiger partial charge in [-0.15, -0.1) is 12.4 Å². The number of aryl methyl sites for hydroxylation is 1. The fourth-order valence-corrected chi connectivity index (χ4v) is 1.99. The van der Waals surface area contributed by atoms with Crippen molar-refractivity contribution in [2.24, 2.45) is 0 Å². The van der Waals surface area contributed by atoms with Crippen LogP contribution in [-0.2, 0) is 16.0 Å². The Morgan fingerprint density at radius 2 is 2.18 bits per heavy atom. The second-order valence-electron chi connectivity index (χ2n) is 4.80. The van der Waals surface area contributed by atoms with E-state index in [4.69, 9.17) is 9.15 Å². The Bertz CT molecular complexity index is 601. The Labute approximate surface area is 136 Å². The Kier molecular flexibility index (Phi) is 7.87. The van der Waals surface area contributed by atoms with E-state index in [0.717, 1.165) is 16.7 Å². The van der Waals surface area contributed by atoms with Crippen LogP contribution >= 0.6 is 12.4 Å². The first-order chi connectivity index (χ1) is 10.2. The number of benzene rings is 1. The Hall–Kier alpha value is -1.63. The molecule has 0 atom stereocenters. The number of rotatable bonds is 8. The number of para-hydroxylation sites is 1. The smallest absolute Gasteiger partial charge is 0.233 e. The summed E-state index contributed by atoms with van der Waals surface area (Å²) in [7, 11) is 1.63. The van der Waals surface area contributed by atoms with Crippen molar-refractivity contribution in [1.29, 1.82) is 0 Å². The molecule has 1 aromatic heterocycles. The summed E-state index contributed by atoms with van der Waals surface area (Å²) in [5.74, 6) is 0.602. The Morgan fingerprint density at radius 1 is 1.36 bits per heavy atom. The van der Waals surface area contributed by atoms with Crippen molar-refractivity contribution < 1.29 is 13.9 Å². The van der Waals surface area contributed by atoms with Crippen LogP contribution in [0.3, 0.4) is 0 Å². The second kappa shape index (κ2) is 9.40. The molecule has 6 nitrogen and oxygen atoms in total. The number of ether oxygens (including phenoxy) is 1. The van der Waals surface area contributed by atoms with Crippen LogP contribution in [0.25, 0.3) is 11.1 Å². The molecule has 0 unspecified atom stereocenters. The van der Waals surface area contributed by atoms with Gasteiger partial charge in [0.1, 0.15) is 5.52 Å². The maximum absolute atomic E-state index is 11.6. The number of hydrogen-bond donors (Lipinski definition) is 2. The van der Waals surface area contributed by atoms with Gasteiger partial charge in [0.05, 0.1) is 13.2 Å². The van der Waals surface area contributed by atoms with Crippen molar-refractivity contribution in [3.8, 4) is 0 Å². The molecule has 0 aliphatic heterocycles. The normalized spacial score (nSPS) is 10.5. The molecule has 0 saturated carbocycles. The highest BCUT2D eigenvalue weighted by Crippen LogP contribution is 2.18. The molecule has 0 aliphatic carbocycles. The molecule has 0 bridgehead atoms. The molecule has 0 aliphatic rings. The summed E-state index contributed by atoms with van der Waals surface area (Å²) in [6.07, 6.45) is 0.581. The first-order valence-electron chi connectivity index (χ1n) is 7.02. The Balaban J connectivity index is 0.00000242. The Morgan fingerprint density at radius 3 is 2.91 bits per heavy atom. The van der Waals surface area contributed by atoms with E-state index in [0.29, 0.717) is 32.0 Å². The molecule has 122 valence electrons. The molecule has 22 heavy (non-hydrogen) atoms. The van der Waals surface area contributed by atoms with Crippen molar-refractivity contribution in [2.75, 3.05) is 33.4 Å². The molecule has 1 heterocycles. The van der Waals surface area contributed by atoms with E-state index >= 15 is 0 Å². The molecular formula is C15H22ClN3O3. The molecular weight excluding hydrogens is 306 g/mol. The van der Waals surface area contributed by atoms with Crippen LogP contribution in [-0.4, -0.2) is 44.2 Å². The first-order valence-corrected chi connectivity index (χ1v) is 7.02. The van der Waals surface area contributed by atoms with Crippen LogP contribution < -0.4 is 10.6 Å². The van der Waals surface area contributed by atoms with Gasteiger partial charge in [-0.2, -0.15) is 0 Å². The fraction of sp³-hybridized carbons (Fsp3) is 0.467. The number of fused-ring (bicyclic) bond motifs is 1. The van der Waals surface area contributed by atoms with Crippen LogP contribution in [0.4, 0.5) is 0 Å². The number of nitrogens with zero attached hydrogens (tertiary/aromatic N) is 1. The van der Waals surface area contributed by atoms with E-state index in [9.17, 15) is 4.79 Å². The predicted octanol–water partition coefficient (Wildman–Crippen LogP) is 1.45. The van der Waals surface area contributed by atoms with Crippen LogP contribution in [0.2, 0.25) is 0 Å². The van der Waals surface area contributed by atoms with Crippen LogP contribution in [0.5, 0.6) is 0 Å². The minimum atomic E-state index is -0.0432. The molecule has 2 N–H and O–H groups in total. The highest BCUT2D eigenvalue weighted by atomic mass is 35.5. The van der Waals surface area contributed by atoms with E-state index in [-0.39, 0.29) is 24.9 Å². The monoisotopic (exact) mass is 327 g/mol. The number of nitrogens with one attached hydrogen (secondary N) is 2. The molecule has 7 heteroatoms. The van der Waals surface area contributed by atoms with Gasteiger partial charge in [-0.05, 0) is 18.6 Å². The summed E-state index contributed by atoms with van der Waals surface area (Å²) >= 11 is 0. The number of amides is 1. The summed E-state index contributed by atoms with van der Waals surface area (Å²) in [6, 6.07) is 5.85. The molecule has 1 aromatic carbocycles. The van der Waals surface area contributed by atoms with E-state index in [1.807, 2.05) is 25.1 Å². The molecule has 2 rings (SSSR count). The number of carbonyl (C=O) groups is 1. The van der Waals surface area contributed by atoms with Gasteiger partial charge in [-0.25, -0.2) is 4.98 Å². The zero-order chi connectivity index (χ0) is 15.1. The lowest BCUT2D eigenvalue weighted by molar-refractivity contribution is -0.120. The summed E-state index contributed by atoms with van der Waals surface area (Å²) in [5, 5.41) is 5.81. The second-order valence-corrected chi connectivity index (χ2v) is 4.80. The van der Waals surface area contributed by atoms with E-state index < -0.39 is 0 Å². The number of hydrogen-bond acceptors (Lipinski definition) is 5. The summed E-state index contributed by atoms with van der Waals surface area (Å²) in [5.41, 5.74) is 2.77. The number of aromatic nitrogens is 1.